The summed E-state index contributed by atoms with van der Waals surface area (Å²) in [6.45, 7) is 2.05. The number of aromatic nitrogens is 2. The van der Waals surface area contributed by atoms with Gasteiger partial charge in [-0.05, 0) is 25.0 Å². The zero-order valence-corrected chi connectivity index (χ0v) is 13.6. The first-order valence-corrected chi connectivity index (χ1v) is 8.18. The monoisotopic (exact) mass is 320 g/mol. The van der Waals surface area contributed by atoms with Crippen molar-refractivity contribution in [3.63, 3.8) is 0 Å². The summed E-state index contributed by atoms with van der Waals surface area (Å²) in [5.41, 5.74) is 1.70. The van der Waals surface area contributed by atoms with Gasteiger partial charge in [0.1, 0.15) is 0 Å². The molecule has 1 heterocycles. The van der Waals surface area contributed by atoms with Gasteiger partial charge in [-0.25, -0.2) is 0 Å². The van der Waals surface area contributed by atoms with E-state index in [0.717, 1.165) is 24.1 Å². The highest BCUT2D eigenvalue weighted by atomic mass is 16.3. The van der Waals surface area contributed by atoms with Crippen molar-refractivity contribution in [2.45, 2.75) is 26.2 Å². The molecule has 4 nitrogen and oxygen atoms in total. The molecule has 0 saturated heterocycles. The Bertz CT molecular complexity index is 871. The maximum absolute atomic E-state index is 13.1. The van der Waals surface area contributed by atoms with Gasteiger partial charge < -0.3 is 5.11 Å². The summed E-state index contributed by atoms with van der Waals surface area (Å²) < 4.78 is 1.58. The van der Waals surface area contributed by atoms with Gasteiger partial charge in [0, 0.05) is 5.56 Å². The highest BCUT2D eigenvalue weighted by Gasteiger charge is 2.18. The molecule has 122 valence electrons. The molecule has 0 radical (unpaired) electrons. The summed E-state index contributed by atoms with van der Waals surface area (Å²) in [7, 11) is 0. The summed E-state index contributed by atoms with van der Waals surface area (Å²) in [6, 6.07) is 18.9. The lowest BCUT2D eigenvalue weighted by molar-refractivity contribution is 0.441. The molecule has 0 fully saturated rings. The van der Waals surface area contributed by atoms with E-state index in [2.05, 4.69) is 11.9 Å². The first-order valence-electron chi connectivity index (χ1n) is 8.18. The zero-order chi connectivity index (χ0) is 16.9. The van der Waals surface area contributed by atoms with E-state index in [1.165, 1.54) is 0 Å². The van der Waals surface area contributed by atoms with E-state index in [4.69, 9.17) is 0 Å². The Morgan fingerprint density at radius 2 is 1.62 bits per heavy atom. The molecular weight excluding hydrogens is 300 g/mol. The van der Waals surface area contributed by atoms with E-state index in [9.17, 15) is 9.90 Å². The lowest BCUT2D eigenvalue weighted by Gasteiger charge is -2.15. The number of hydrogen-bond donors (Lipinski definition) is 1. The van der Waals surface area contributed by atoms with Gasteiger partial charge in [0.05, 0.1) is 11.3 Å². The quantitative estimate of drug-likeness (QED) is 0.774. The molecule has 3 aromatic rings. The van der Waals surface area contributed by atoms with E-state index in [0.29, 0.717) is 17.8 Å². The van der Waals surface area contributed by atoms with E-state index in [1.807, 2.05) is 60.7 Å². The van der Waals surface area contributed by atoms with Gasteiger partial charge in [-0.3, -0.25) is 9.36 Å². The van der Waals surface area contributed by atoms with Crippen molar-refractivity contribution in [2.75, 3.05) is 0 Å². The van der Waals surface area contributed by atoms with E-state index < -0.39 is 0 Å². The van der Waals surface area contributed by atoms with Gasteiger partial charge in [-0.1, -0.05) is 61.9 Å². The largest absolute Gasteiger partial charge is 0.493 e. The molecule has 0 aliphatic carbocycles. The predicted octanol–water partition coefficient (Wildman–Crippen LogP) is 3.95. The van der Waals surface area contributed by atoms with Crippen LogP contribution < -0.4 is 5.56 Å². The molecule has 0 bridgehead atoms. The first kappa shape index (κ1) is 16.0. The van der Waals surface area contributed by atoms with Crippen LogP contribution in [-0.2, 0) is 6.42 Å². The fourth-order valence-corrected chi connectivity index (χ4v) is 2.71. The molecule has 0 unspecified atom stereocenters. The highest BCUT2D eigenvalue weighted by Crippen LogP contribution is 2.23. The van der Waals surface area contributed by atoms with Crippen molar-refractivity contribution < 1.29 is 5.11 Å². The molecular formula is C20H20N2O2. The molecule has 1 aromatic heterocycles. The lowest BCUT2D eigenvalue weighted by Crippen LogP contribution is -2.25. The molecule has 0 atom stereocenters. The maximum atomic E-state index is 13.1. The summed E-state index contributed by atoms with van der Waals surface area (Å²) in [5.74, 6) is 0.282. The highest BCUT2D eigenvalue weighted by molar-refractivity contribution is 5.59. The Morgan fingerprint density at radius 1 is 1.00 bits per heavy atom. The number of hydrogen-bond acceptors (Lipinski definition) is 3. The second kappa shape index (κ2) is 7.13. The van der Waals surface area contributed by atoms with E-state index in [-0.39, 0.29) is 11.4 Å². The summed E-state index contributed by atoms with van der Waals surface area (Å²) in [4.78, 5) is 17.4. The Hall–Kier alpha value is -2.88. The molecule has 1 N–H and O–H groups in total. The van der Waals surface area contributed by atoms with Crippen LogP contribution in [0, 0.1) is 0 Å². The molecule has 0 spiro atoms. The second-order valence-electron chi connectivity index (χ2n) is 5.68. The smallest absolute Gasteiger partial charge is 0.265 e. The Labute approximate surface area is 141 Å². The third kappa shape index (κ3) is 3.08. The first-order chi connectivity index (χ1) is 11.7. The predicted molar refractivity (Wildman–Crippen MR) is 95.5 cm³/mol. The molecule has 4 heteroatoms. The van der Waals surface area contributed by atoms with Crippen LogP contribution in [0.1, 0.15) is 25.3 Å². The van der Waals surface area contributed by atoms with Crippen LogP contribution in [0.25, 0.3) is 17.1 Å². The summed E-state index contributed by atoms with van der Waals surface area (Å²) >= 11 is 0. The van der Waals surface area contributed by atoms with Crippen LogP contribution in [0.15, 0.2) is 65.5 Å². The van der Waals surface area contributed by atoms with Crippen molar-refractivity contribution in [3.05, 3.63) is 76.6 Å². The Morgan fingerprint density at radius 3 is 2.25 bits per heavy atom. The molecule has 2 aromatic carbocycles. The number of rotatable bonds is 5. The standard InChI is InChI=1S/C20H20N2O2/c1-2-3-14-17-19(23)21-18(15-10-6-4-7-11-15)22(20(17)24)16-12-8-5-9-13-16/h4-13,23H,2-3,14H2,1H3. The summed E-state index contributed by atoms with van der Waals surface area (Å²) in [5, 5.41) is 10.3. The average molecular weight is 320 g/mol. The second-order valence-corrected chi connectivity index (χ2v) is 5.68. The van der Waals surface area contributed by atoms with E-state index in [1.54, 1.807) is 4.57 Å². The van der Waals surface area contributed by atoms with Crippen LogP contribution in [0.5, 0.6) is 5.88 Å². The fourth-order valence-electron chi connectivity index (χ4n) is 2.71. The van der Waals surface area contributed by atoms with Gasteiger partial charge >= 0.3 is 0 Å². The van der Waals surface area contributed by atoms with Crippen molar-refractivity contribution in [2.24, 2.45) is 0 Å². The van der Waals surface area contributed by atoms with Crippen LogP contribution in [0.4, 0.5) is 0 Å². The number of nitrogens with zero attached hydrogens (tertiary/aromatic N) is 2. The molecule has 0 saturated carbocycles. The zero-order valence-electron chi connectivity index (χ0n) is 13.6. The molecule has 3 rings (SSSR count). The van der Waals surface area contributed by atoms with Crippen molar-refractivity contribution in [1.29, 1.82) is 0 Å². The van der Waals surface area contributed by atoms with Gasteiger partial charge in [-0.2, -0.15) is 4.98 Å². The lowest BCUT2D eigenvalue weighted by atomic mass is 10.1. The minimum Gasteiger partial charge on any atom is -0.493 e. The minimum absolute atomic E-state index is 0.167. The maximum Gasteiger partial charge on any atom is 0.265 e. The molecule has 0 aliphatic rings. The van der Waals surface area contributed by atoms with Gasteiger partial charge in [-0.15, -0.1) is 0 Å². The topological polar surface area (TPSA) is 55.1 Å². The summed E-state index contributed by atoms with van der Waals surface area (Å²) in [6.07, 6.45) is 2.31. The third-order valence-corrected chi connectivity index (χ3v) is 3.98. The number of para-hydroxylation sites is 1. The number of aromatic hydroxyl groups is 1. The average Bonchev–Trinajstić information content (AvgIpc) is 2.62. The Balaban J connectivity index is 2.28. The fraction of sp³-hybridized carbons (Fsp3) is 0.200. The van der Waals surface area contributed by atoms with Crippen molar-refractivity contribution in [1.82, 2.24) is 9.55 Å². The van der Waals surface area contributed by atoms with Crippen molar-refractivity contribution in [3.8, 4) is 23.0 Å². The molecule has 0 aliphatic heterocycles. The van der Waals surface area contributed by atoms with Crippen LogP contribution >= 0.6 is 0 Å². The van der Waals surface area contributed by atoms with Crippen LogP contribution in [0.2, 0.25) is 0 Å². The van der Waals surface area contributed by atoms with Crippen LogP contribution in [0.3, 0.4) is 0 Å². The SMILES string of the molecule is CCCCc1c(O)nc(-c2ccccc2)n(-c2ccccc2)c1=O. The number of benzene rings is 2. The van der Waals surface area contributed by atoms with Crippen molar-refractivity contribution >= 4 is 0 Å². The molecule has 24 heavy (non-hydrogen) atoms. The third-order valence-electron chi connectivity index (χ3n) is 3.98. The minimum atomic E-state index is -0.207. The number of unbranched alkanes of at least 4 members (excludes halogenated alkanes) is 1. The van der Waals surface area contributed by atoms with Gasteiger partial charge in [0.15, 0.2) is 5.82 Å². The normalized spacial score (nSPS) is 10.7. The van der Waals surface area contributed by atoms with E-state index >= 15 is 0 Å². The van der Waals surface area contributed by atoms with Gasteiger partial charge in [0.2, 0.25) is 5.88 Å². The Kier molecular flexibility index (Phi) is 4.75. The molecule has 0 amide bonds. The van der Waals surface area contributed by atoms with Gasteiger partial charge in [0.25, 0.3) is 5.56 Å². The van der Waals surface area contributed by atoms with Crippen LogP contribution in [-0.4, -0.2) is 14.7 Å².